The van der Waals surface area contributed by atoms with E-state index in [4.69, 9.17) is 10.5 Å². The van der Waals surface area contributed by atoms with Gasteiger partial charge in [0.05, 0.1) is 6.61 Å². The Balaban J connectivity index is 2.19. The predicted octanol–water partition coefficient (Wildman–Crippen LogP) is 1.08. The Morgan fingerprint density at radius 2 is 1.38 bits per heavy atom. The third kappa shape index (κ3) is 6.94. The highest BCUT2D eigenvalue weighted by Crippen LogP contribution is 2.24. The predicted molar refractivity (Wildman–Crippen MR) is 93.6 cm³/mol. The number of unbranched alkanes of at least 4 members (excludes halogenated alkanes) is 8. The first-order chi connectivity index (χ1) is 11.5. The molecule has 1 saturated heterocycles. The Bertz CT molecular complexity index is 316. The van der Waals surface area contributed by atoms with Crippen molar-refractivity contribution in [2.45, 2.75) is 108 Å². The minimum absolute atomic E-state index is 0.411. The van der Waals surface area contributed by atoms with Gasteiger partial charge in [-0.05, 0) is 6.42 Å². The molecule has 0 aromatic rings. The summed E-state index contributed by atoms with van der Waals surface area (Å²) in [4.78, 5) is 0. The zero-order chi connectivity index (χ0) is 17.9. The number of aliphatic hydroxyl groups is 4. The first-order valence-electron chi connectivity index (χ1n) is 9.59. The fourth-order valence-electron chi connectivity index (χ4n) is 3.34. The lowest BCUT2D eigenvalue weighted by molar-refractivity contribution is -0.233. The molecule has 0 aromatic carbocycles. The van der Waals surface area contributed by atoms with Crippen molar-refractivity contribution >= 4 is 0 Å². The van der Waals surface area contributed by atoms with Crippen LogP contribution in [0.1, 0.15) is 71.1 Å². The van der Waals surface area contributed by atoms with E-state index in [1.807, 2.05) is 0 Å². The van der Waals surface area contributed by atoms with E-state index in [1.54, 1.807) is 0 Å². The fraction of sp³-hybridized carbons (Fsp3) is 1.00. The summed E-state index contributed by atoms with van der Waals surface area (Å²) >= 11 is 0. The second kappa shape index (κ2) is 12.2. The van der Waals surface area contributed by atoms with E-state index in [0.29, 0.717) is 6.42 Å². The van der Waals surface area contributed by atoms with Crippen molar-refractivity contribution in [1.82, 2.24) is 0 Å². The first-order valence-corrected chi connectivity index (χ1v) is 9.59. The van der Waals surface area contributed by atoms with Gasteiger partial charge in [0.25, 0.3) is 0 Å². The van der Waals surface area contributed by atoms with Crippen molar-refractivity contribution in [3.8, 4) is 0 Å². The number of ether oxygens (including phenoxy) is 1. The van der Waals surface area contributed by atoms with E-state index in [2.05, 4.69) is 6.92 Å². The second-order valence-electron chi connectivity index (χ2n) is 7.07. The van der Waals surface area contributed by atoms with Crippen LogP contribution < -0.4 is 5.73 Å². The summed E-state index contributed by atoms with van der Waals surface area (Å²) in [5, 5.41) is 38.8. The molecule has 1 heterocycles. The van der Waals surface area contributed by atoms with Gasteiger partial charge in [0.1, 0.15) is 30.5 Å². The van der Waals surface area contributed by atoms with Crippen LogP contribution in [0, 0.1) is 0 Å². The van der Waals surface area contributed by atoms with Crippen LogP contribution in [-0.2, 0) is 4.74 Å². The minimum Gasteiger partial charge on any atom is -0.394 e. The monoisotopic (exact) mass is 347 g/mol. The summed E-state index contributed by atoms with van der Waals surface area (Å²) in [6.07, 6.45) is 6.21. The van der Waals surface area contributed by atoms with Gasteiger partial charge < -0.3 is 30.9 Å². The van der Waals surface area contributed by atoms with Crippen LogP contribution >= 0.6 is 0 Å². The van der Waals surface area contributed by atoms with Crippen molar-refractivity contribution < 1.29 is 25.2 Å². The summed E-state index contributed by atoms with van der Waals surface area (Å²) in [6.45, 7) is 1.81. The molecular weight excluding hydrogens is 310 g/mol. The molecule has 0 radical (unpaired) electrons. The largest absolute Gasteiger partial charge is 0.394 e. The van der Waals surface area contributed by atoms with Crippen molar-refractivity contribution in [2.75, 3.05) is 6.61 Å². The number of hydrogen-bond acceptors (Lipinski definition) is 6. The first kappa shape index (κ1) is 21.8. The third-order valence-electron chi connectivity index (χ3n) is 4.99. The quantitative estimate of drug-likeness (QED) is 0.337. The molecule has 1 rings (SSSR count). The maximum Gasteiger partial charge on any atom is 0.111 e. The molecule has 24 heavy (non-hydrogen) atoms. The minimum atomic E-state index is -1.34. The molecular formula is C18H37NO5. The van der Waals surface area contributed by atoms with Crippen molar-refractivity contribution in [2.24, 2.45) is 5.73 Å². The summed E-state index contributed by atoms with van der Waals surface area (Å²) in [5.41, 5.74) is 6.10. The SMILES string of the molecule is CCCCCCCCCCCC(N)C1O[C@H](CO)[C@@H](O)[C@H](O)[C@H]1O. The average Bonchev–Trinajstić information content (AvgIpc) is 2.58. The molecule has 1 fully saturated rings. The summed E-state index contributed by atoms with van der Waals surface area (Å²) in [7, 11) is 0. The highest BCUT2D eigenvalue weighted by Gasteiger charge is 2.45. The molecule has 2 unspecified atom stereocenters. The van der Waals surface area contributed by atoms with E-state index in [-0.39, 0.29) is 0 Å². The van der Waals surface area contributed by atoms with E-state index < -0.39 is 43.2 Å². The van der Waals surface area contributed by atoms with Crippen LogP contribution in [-0.4, -0.2) is 63.6 Å². The summed E-state index contributed by atoms with van der Waals surface area (Å²) in [5.74, 6) is 0. The Hall–Kier alpha value is -0.240. The van der Waals surface area contributed by atoms with Crippen LogP contribution in [0.15, 0.2) is 0 Å². The Morgan fingerprint density at radius 1 is 0.833 bits per heavy atom. The number of nitrogens with two attached hydrogens (primary N) is 1. The van der Waals surface area contributed by atoms with Gasteiger partial charge in [0, 0.05) is 6.04 Å². The maximum absolute atomic E-state index is 10.0. The summed E-state index contributed by atoms with van der Waals surface area (Å²) < 4.78 is 5.49. The number of hydrogen-bond donors (Lipinski definition) is 5. The Kier molecular flexibility index (Phi) is 11.1. The third-order valence-corrected chi connectivity index (χ3v) is 4.99. The van der Waals surface area contributed by atoms with Crippen LogP contribution in [0.5, 0.6) is 0 Å². The van der Waals surface area contributed by atoms with Gasteiger partial charge in [-0.1, -0.05) is 64.7 Å². The van der Waals surface area contributed by atoms with E-state index in [1.165, 1.54) is 44.9 Å². The van der Waals surface area contributed by atoms with Gasteiger partial charge >= 0.3 is 0 Å². The Morgan fingerprint density at radius 3 is 1.92 bits per heavy atom. The van der Waals surface area contributed by atoms with Gasteiger partial charge in [-0.3, -0.25) is 0 Å². The lowest BCUT2D eigenvalue weighted by atomic mass is 9.89. The fourth-order valence-corrected chi connectivity index (χ4v) is 3.34. The Labute approximate surface area is 146 Å². The standard InChI is InChI=1S/C18H37NO5/c1-2-3-4-5-6-7-8-9-10-11-13(19)18-17(23)16(22)15(21)14(12-20)24-18/h13-18,20-23H,2-12,19H2,1H3/t13?,14-,15-,16+,17-,18?/m1/s1. The molecule has 144 valence electrons. The average molecular weight is 347 g/mol. The lowest BCUT2D eigenvalue weighted by Crippen LogP contribution is -2.62. The van der Waals surface area contributed by atoms with Gasteiger partial charge in [-0.25, -0.2) is 0 Å². The molecule has 1 aliphatic heterocycles. The normalized spacial score (nSPS) is 32.0. The van der Waals surface area contributed by atoms with E-state index >= 15 is 0 Å². The number of rotatable bonds is 12. The van der Waals surface area contributed by atoms with E-state index in [9.17, 15) is 20.4 Å². The number of aliphatic hydroxyl groups excluding tert-OH is 4. The maximum atomic E-state index is 10.0. The molecule has 0 bridgehead atoms. The van der Waals surface area contributed by atoms with Crippen molar-refractivity contribution in [3.05, 3.63) is 0 Å². The van der Waals surface area contributed by atoms with Gasteiger partial charge in [-0.15, -0.1) is 0 Å². The topological polar surface area (TPSA) is 116 Å². The highest BCUT2D eigenvalue weighted by atomic mass is 16.5. The zero-order valence-electron chi connectivity index (χ0n) is 15.0. The summed E-state index contributed by atoms with van der Waals surface area (Å²) in [6, 6.07) is -0.416. The molecule has 6 nitrogen and oxygen atoms in total. The molecule has 6 heteroatoms. The van der Waals surface area contributed by atoms with Crippen LogP contribution in [0.4, 0.5) is 0 Å². The van der Waals surface area contributed by atoms with Crippen molar-refractivity contribution in [3.63, 3.8) is 0 Å². The lowest BCUT2D eigenvalue weighted by Gasteiger charge is -2.42. The highest BCUT2D eigenvalue weighted by molar-refractivity contribution is 4.95. The molecule has 1 aliphatic rings. The molecule has 0 amide bonds. The van der Waals surface area contributed by atoms with Crippen LogP contribution in [0.25, 0.3) is 0 Å². The van der Waals surface area contributed by atoms with Crippen LogP contribution in [0.2, 0.25) is 0 Å². The second-order valence-corrected chi connectivity index (χ2v) is 7.07. The molecule has 0 aromatic heterocycles. The van der Waals surface area contributed by atoms with E-state index in [0.717, 1.165) is 12.8 Å². The molecule has 0 aliphatic carbocycles. The molecule has 0 saturated carbocycles. The van der Waals surface area contributed by atoms with Crippen molar-refractivity contribution in [1.29, 1.82) is 0 Å². The molecule has 0 spiro atoms. The zero-order valence-corrected chi connectivity index (χ0v) is 15.0. The van der Waals surface area contributed by atoms with Gasteiger partial charge in [0.15, 0.2) is 0 Å². The molecule has 6 N–H and O–H groups in total. The van der Waals surface area contributed by atoms with Gasteiger partial charge in [0.2, 0.25) is 0 Å². The van der Waals surface area contributed by atoms with Crippen LogP contribution in [0.3, 0.4) is 0 Å². The molecule has 6 atom stereocenters. The van der Waals surface area contributed by atoms with Gasteiger partial charge in [-0.2, -0.15) is 0 Å². The smallest absolute Gasteiger partial charge is 0.111 e.